The van der Waals surface area contributed by atoms with E-state index in [4.69, 9.17) is 0 Å². The second-order valence-corrected chi connectivity index (χ2v) is 3.17. The van der Waals surface area contributed by atoms with Crippen molar-refractivity contribution in [2.24, 2.45) is 0 Å². The molecule has 1 aromatic rings. The molecule has 1 saturated heterocycles. The van der Waals surface area contributed by atoms with Crippen molar-refractivity contribution in [3.05, 3.63) is 29.6 Å². The molecule has 1 heterocycles. The average molecular weight is 216 g/mol. The molecule has 0 spiro atoms. The molecule has 1 aliphatic rings. The summed E-state index contributed by atoms with van der Waals surface area (Å²) in [5, 5.41) is 2.25. The lowest BCUT2D eigenvalue weighted by molar-refractivity contribution is 0.242. The Hall–Kier alpha value is -1.72. The summed E-state index contributed by atoms with van der Waals surface area (Å²) in [4.78, 5) is 12.6. The Morgan fingerprint density at radius 1 is 1.20 bits per heavy atom. The van der Waals surface area contributed by atoms with Crippen molar-refractivity contribution in [3.63, 3.8) is 0 Å². The van der Waals surface area contributed by atoms with Crippen LogP contribution in [0.4, 0.5) is 23.7 Å². The van der Waals surface area contributed by atoms with Crippen molar-refractivity contribution in [3.8, 4) is 0 Å². The van der Waals surface area contributed by atoms with Crippen molar-refractivity contribution >= 4 is 11.7 Å². The van der Waals surface area contributed by atoms with Crippen molar-refractivity contribution in [2.45, 2.75) is 0 Å². The largest absolute Gasteiger partial charge is 0.321 e. The Balaban J connectivity index is 2.17. The van der Waals surface area contributed by atoms with E-state index in [-0.39, 0.29) is 5.69 Å². The molecule has 0 saturated carbocycles. The van der Waals surface area contributed by atoms with E-state index in [1.54, 1.807) is 0 Å². The van der Waals surface area contributed by atoms with Gasteiger partial charge in [0.25, 0.3) is 0 Å². The van der Waals surface area contributed by atoms with E-state index in [0.29, 0.717) is 13.1 Å². The molecule has 0 bridgehead atoms. The molecule has 0 radical (unpaired) electrons. The van der Waals surface area contributed by atoms with Gasteiger partial charge in [-0.25, -0.2) is 18.0 Å². The highest BCUT2D eigenvalue weighted by Gasteiger charge is 2.24. The highest BCUT2D eigenvalue weighted by molar-refractivity contribution is 5.90. The number of carbonyl (C=O) groups excluding carboxylic acids is 1. The number of hydrogen-bond acceptors (Lipinski definition) is 1. The number of nitrogens with zero attached hydrogens (tertiary/aromatic N) is 1. The van der Waals surface area contributed by atoms with E-state index < -0.39 is 23.5 Å². The number of halogens is 3. The molecule has 1 aromatic carbocycles. The monoisotopic (exact) mass is 216 g/mol. The summed E-state index contributed by atoms with van der Waals surface area (Å²) in [7, 11) is 0. The maximum Gasteiger partial charge on any atom is 0.321 e. The minimum absolute atomic E-state index is 0.0942. The van der Waals surface area contributed by atoms with Crippen LogP contribution in [-0.2, 0) is 0 Å². The number of hydrogen-bond donors (Lipinski definition) is 1. The minimum atomic E-state index is -1.54. The lowest BCUT2D eigenvalue weighted by Gasteiger charge is -2.06. The Kier molecular flexibility index (Phi) is 2.26. The topological polar surface area (TPSA) is 32.1 Å². The van der Waals surface area contributed by atoms with Gasteiger partial charge in [0.2, 0.25) is 0 Å². The van der Waals surface area contributed by atoms with Gasteiger partial charge in [-0.3, -0.25) is 0 Å². The zero-order valence-electron chi connectivity index (χ0n) is 7.56. The van der Waals surface area contributed by atoms with Crippen molar-refractivity contribution < 1.29 is 18.0 Å². The first kappa shape index (κ1) is 9.82. The maximum absolute atomic E-state index is 12.7. The molecule has 1 aliphatic heterocycles. The SMILES string of the molecule is O=C(Nc1cc(F)c(F)c(F)c1)N1CC1. The molecule has 6 heteroatoms. The molecule has 3 nitrogen and oxygen atoms in total. The predicted octanol–water partition coefficient (Wildman–Crippen LogP) is 1.95. The molecular formula is C9H7F3N2O. The lowest BCUT2D eigenvalue weighted by atomic mass is 10.3. The molecule has 1 fully saturated rings. The summed E-state index contributed by atoms with van der Waals surface area (Å²) in [5.74, 6) is -4.19. The van der Waals surface area contributed by atoms with Gasteiger partial charge in [0.15, 0.2) is 17.5 Å². The second kappa shape index (κ2) is 3.45. The van der Waals surface area contributed by atoms with Gasteiger partial charge in [-0.05, 0) is 0 Å². The summed E-state index contributed by atoms with van der Waals surface area (Å²) in [6.07, 6.45) is 0. The van der Waals surface area contributed by atoms with Gasteiger partial charge in [-0.2, -0.15) is 0 Å². The van der Waals surface area contributed by atoms with E-state index in [9.17, 15) is 18.0 Å². The maximum atomic E-state index is 12.7. The Labute approximate surface area is 83.5 Å². The molecule has 0 unspecified atom stereocenters. The molecule has 1 N–H and O–H groups in total. The van der Waals surface area contributed by atoms with Crippen LogP contribution in [0.15, 0.2) is 12.1 Å². The number of urea groups is 1. The van der Waals surface area contributed by atoms with Crippen LogP contribution in [0.5, 0.6) is 0 Å². The van der Waals surface area contributed by atoms with E-state index >= 15 is 0 Å². The quantitative estimate of drug-likeness (QED) is 0.564. The first-order valence-corrected chi connectivity index (χ1v) is 4.28. The predicted molar refractivity (Wildman–Crippen MR) is 46.9 cm³/mol. The first-order valence-electron chi connectivity index (χ1n) is 4.28. The second-order valence-electron chi connectivity index (χ2n) is 3.17. The third-order valence-electron chi connectivity index (χ3n) is 1.97. The molecule has 0 aromatic heterocycles. The minimum Gasteiger partial charge on any atom is -0.321 e. The number of benzene rings is 1. The van der Waals surface area contributed by atoms with Crippen molar-refractivity contribution in [1.82, 2.24) is 4.90 Å². The summed E-state index contributed by atoms with van der Waals surface area (Å²) in [6.45, 7) is 1.25. The number of anilines is 1. The van der Waals surface area contributed by atoms with Crippen LogP contribution in [0, 0.1) is 17.5 Å². The van der Waals surface area contributed by atoms with Crippen LogP contribution < -0.4 is 5.32 Å². The van der Waals surface area contributed by atoms with Crippen LogP contribution in [0.25, 0.3) is 0 Å². The summed E-state index contributed by atoms with van der Waals surface area (Å²) < 4.78 is 38.0. The van der Waals surface area contributed by atoms with Gasteiger partial charge < -0.3 is 10.2 Å². The molecule has 0 aliphatic carbocycles. The van der Waals surface area contributed by atoms with E-state index in [0.717, 1.165) is 12.1 Å². The fourth-order valence-corrected chi connectivity index (χ4v) is 1.08. The number of carbonyl (C=O) groups is 1. The molecular weight excluding hydrogens is 209 g/mol. The third kappa shape index (κ3) is 2.03. The number of amides is 2. The van der Waals surface area contributed by atoms with Gasteiger partial charge in [0, 0.05) is 30.9 Å². The van der Waals surface area contributed by atoms with Crippen LogP contribution in [0.1, 0.15) is 0 Å². The lowest BCUT2D eigenvalue weighted by Crippen LogP contribution is -2.18. The first-order chi connectivity index (χ1) is 7.08. The van der Waals surface area contributed by atoms with E-state index in [2.05, 4.69) is 5.32 Å². The van der Waals surface area contributed by atoms with Crippen LogP contribution >= 0.6 is 0 Å². The smallest absolute Gasteiger partial charge is 0.321 e. The normalized spacial score (nSPS) is 13.9. The highest BCUT2D eigenvalue weighted by atomic mass is 19.2. The molecule has 0 atom stereocenters. The zero-order chi connectivity index (χ0) is 11.0. The fourth-order valence-electron chi connectivity index (χ4n) is 1.08. The van der Waals surface area contributed by atoms with Gasteiger partial charge in [0.1, 0.15) is 0 Å². The molecule has 2 rings (SSSR count). The Morgan fingerprint density at radius 2 is 1.73 bits per heavy atom. The Morgan fingerprint density at radius 3 is 2.20 bits per heavy atom. The van der Waals surface area contributed by atoms with Gasteiger partial charge in [-0.1, -0.05) is 0 Å². The van der Waals surface area contributed by atoms with Crippen LogP contribution in [-0.4, -0.2) is 24.0 Å². The summed E-state index contributed by atoms with van der Waals surface area (Å²) >= 11 is 0. The number of nitrogens with one attached hydrogen (secondary N) is 1. The molecule has 2 amide bonds. The molecule has 80 valence electrons. The standard InChI is InChI=1S/C9H7F3N2O/c10-6-3-5(4-7(11)8(6)12)13-9(15)14-1-2-14/h3-4H,1-2H2,(H,13,15). The number of rotatable bonds is 1. The van der Waals surface area contributed by atoms with Gasteiger partial charge in [0.05, 0.1) is 0 Å². The highest BCUT2D eigenvalue weighted by Crippen LogP contribution is 2.18. The summed E-state index contributed by atoms with van der Waals surface area (Å²) in [6, 6.07) is 1.03. The third-order valence-corrected chi connectivity index (χ3v) is 1.97. The summed E-state index contributed by atoms with van der Waals surface area (Å²) in [5.41, 5.74) is -0.0942. The van der Waals surface area contributed by atoms with E-state index in [1.165, 1.54) is 4.90 Å². The van der Waals surface area contributed by atoms with Crippen molar-refractivity contribution in [2.75, 3.05) is 18.4 Å². The fraction of sp³-hybridized carbons (Fsp3) is 0.222. The molecule has 15 heavy (non-hydrogen) atoms. The average Bonchev–Trinajstić information content (AvgIpc) is 2.96. The Bertz CT molecular complexity index is 395. The van der Waals surface area contributed by atoms with Gasteiger partial charge >= 0.3 is 6.03 Å². The van der Waals surface area contributed by atoms with E-state index in [1.807, 2.05) is 0 Å². The zero-order valence-corrected chi connectivity index (χ0v) is 7.56. The van der Waals surface area contributed by atoms with Crippen LogP contribution in [0.3, 0.4) is 0 Å². The van der Waals surface area contributed by atoms with Gasteiger partial charge in [-0.15, -0.1) is 0 Å². The van der Waals surface area contributed by atoms with Crippen molar-refractivity contribution in [1.29, 1.82) is 0 Å². The van der Waals surface area contributed by atoms with Crippen LogP contribution in [0.2, 0.25) is 0 Å².